The number of halogens is 1. The van der Waals surface area contributed by atoms with Gasteiger partial charge in [0, 0.05) is 16.4 Å². The molecule has 5 nitrogen and oxygen atoms in total. The average Bonchev–Trinajstić information content (AvgIpc) is 3.02. The van der Waals surface area contributed by atoms with Gasteiger partial charge in [0.25, 0.3) is 0 Å². The van der Waals surface area contributed by atoms with E-state index in [1.807, 2.05) is 37.5 Å². The molecule has 0 unspecified atom stereocenters. The van der Waals surface area contributed by atoms with Crippen molar-refractivity contribution in [3.63, 3.8) is 0 Å². The third-order valence-electron chi connectivity index (χ3n) is 3.76. The van der Waals surface area contributed by atoms with E-state index in [0.29, 0.717) is 0 Å². The van der Waals surface area contributed by atoms with Crippen molar-refractivity contribution < 1.29 is 4.79 Å². The molecule has 0 aliphatic carbocycles. The molecular formula is C18H23ClN4O. The van der Waals surface area contributed by atoms with E-state index >= 15 is 0 Å². The fraction of sp³-hybridized carbons (Fsp3) is 0.333. The number of amides is 1. The molecule has 2 aromatic heterocycles. The highest BCUT2D eigenvalue weighted by Gasteiger charge is 2.17. The maximum Gasteiger partial charge on any atom is 0.240 e. The molecule has 0 spiro atoms. The van der Waals surface area contributed by atoms with Crippen molar-refractivity contribution in [2.24, 2.45) is 0 Å². The molecule has 24 heavy (non-hydrogen) atoms. The number of nitrogens with one attached hydrogen (secondary N) is 2. The number of carbonyl (C=O) groups excluding carboxylic acids is 1. The van der Waals surface area contributed by atoms with Crippen LogP contribution in [0.3, 0.4) is 0 Å². The molecule has 3 rings (SSSR count). The largest absolute Gasteiger partial charge is 0.353 e. The van der Waals surface area contributed by atoms with Crippen LogP contribution in [0.2, 0.25) is 0 Å². The van der Waals surface area contributed by atoms with Gasteiger partial charge in [0.2, 0.25) is 5.91 Å². The van der Waals surface area contributed by atoms with Gasteiger partial charge in [-0.05, 0) is 39.3 Å². The lowest BCUT2D eigenvalue weighted by atomic mass is 10.1. The highest BCUT2D eigenvalue weighted by atomic mass is 35.5. The lowest BCUT2D eigenvalue weighted by Crippen LogP contribution is -2.42. The number of para-hydroxylation sites is 1. The number of aryl methyl sites for hydroxylation is 1. The number of hydrogen-bond acceptors (Lipinski definition) is 2. The zero-order valence-corrected chi connectivity index (χ0v) is 15.2. The Balaban J connectivity index is 0.00000208. The highest BCUT2D eigenvalue weighted by molar-refractivity contribution is 5.90. The first-order valence-electron chi connectivity index (χ1n) is 7.74. The quantitative estimate of drug-likeness (QED) is 0.760. The number of nitrogens with zero attached hydrogens (tertiary/aromatic N) is 2. The van der Waals surface area contributed by atoms with Crippen LogP contribution in [0.5, 0.6) is 0 Å². The Morgan fingerprint density at radius 2 is 2.00 bits per heavy atom. The Kier molecular flexibility index (Phi) is 5.04. The Morgan fingerprint density at radius 1 is 1.29 bits per heavy atom. The first-order chi connectivity index (χ1) is 10.8. The lowest BCUT2D eigenvalue weighted by Gasteiger charge is -2.21. The number of hydrogen-bond donors (Lipinski definition) is 2. The van der Waals surface area contributed by atoms with E-state index in [4.69, 9.17) is 0 Å². The molecule has 0 saturated carbocycles. The van der Waals surface area contributed by atoms with E-state index in [9.17, 15) is 4.79 Å². The van der Waals surface area contributed by atoms with Gasteiger partial charge in [-0.2, -0.15) is 0 Å². The van der Waals surface area contributed by atoms with E-state index < -0.39 is 0 Å². The van der Waals surface area contributed by atoms with Crippen molar-refractivity contribution >= 4 is 29.2 Å². The van der Waals surface area contributed by atoms with E-state index in [1.165, 1.54) is 10.9 Å². The summed E-state index contributed by atoms with van der Waals surface area (Å²) in [7, 11) is 0. The van der Waals surface area contributed by atoms with E-state index in [2.05, 4.69) is 34.3 Å². The fourth-order valence-corrected chi connectivity index (χ4v) is 2.81. The van der Waals surface area contributed by atoms with Gasteiger partial charge >= 0.3 is 0 Å². The predicted octanol–water partition coefficient (Wildman–Crippen LogP) is 3.68. The summed E-state index contributed by atoms with van der Waals surface area (Å²) in [5.41, 5.74) is 3.94. The fourth-order valence-electron chi connectivity index (χ4n) is 2.81. The van der Waals surface area contributed by atoms with Gasteiger partial charge in [-0.3, -0.25) is 4.79 Å². The molecule has 0 aliphatic rings. The van der Waals surface area contributed by atoms with Gasteiger partial charge in [0.15, 0.2) is 0 Å². The summed E-state index contributed by atoms with van der Waals surface area (Å²) in [6.07, 6.45) is 3.49. The van der Waals surface area contributed by atoms with Crippen molar-refractivity contribution in [1.29, 1.82) is 0 Å². The number of aromatic nitrogens is 3. The minimum Gasteiger partial charge on any atom is -0.353 e. The van der Waals surface area contributed by atoms with Gasteiger partial charge in [0.1, 0.15) is 6.54 Å². The van der Waals surface area contributed by atoms with Crippen LogP contribution in [-0.4, -0.2) is 26.0 Å². The average molecular weight is 347 g/mol. The Bertz CT molecular complexity index is 857. The number of benzene rings is 1. The molecule has 0 radical (unpaired) electrons. The summed E-state index contributed by atoms with van der Waals surface area (Å²) in [5.74, 6) is -0.0227. The number of fused-ring (bicyclic) bond motifs is 1. The van der Waals surface area contributed by atoms with Gasteiger partial charge in [-0.15, -0.1) is 12.4 Å². The second kappa shape index (κ2) is 6.69. The predicted molar refractivity (Wildman–Crippen MR) is 99.4 cm³/mol. The third-order valence-corrected chi connectivity index (χ3v) is 3.76. The maximum atomic E-state index is 12.2. The molecule has 0 aliphatic heterocycles. The van der Waals surface area contributed by atoms with Gasteiger partial charge in [-0.1, -0.05) is 18.2 Å². The number of aromatic amines is 1. The van der Waals surface area contributed by atoms with E-state index in [1.54, 1.807) is 12.5 Å². The Morgan fingerprint density at radius 3 is 2.67 bits per heavy atom. The van der Waals surface area contributed by atoms with Crippen LogP contribution in [0.1, 0.15) is 26.3 Å². The van der Waals surface area contributed by atoms with Crippen molar-refractivity contribution in [3.8, 4) is 11.4 Å². The molecule has 0 saturated heterocycles. The van der Waals surface area contributed by atoms with Crippen LogP contribution < -0.4 is 5.32 Å². The summed E-state index contributed by atoms with van der Waals surface area (Å²) in [5, 5.41) is 4.17. The molecule has 2 N–H and O–H groups in total. The first-order valence-corrected chi connectivity index (χ1v) is 7.74. The summed E-state index contributed by atoms with van der Waals surface area (Å²) in [6, 6.07) is 8.19. The van der Waals surface area contributed by atoms with Crippen LogP contribution >= 0.6 is 12.4 Å². The Hall–Kier alpha value is -2.27. The van der Waals surface area contributed by atoms with Crippen molar-refractivity contribution in [2.75, 3.05) is 0 Å². The molecule has 0 atom stereocenters. The molecule has 2 heterocycles. The standard InChI is InChI=1S/C18H22N4O.ClH/c1-12-13-7-5-6-8-14(13)20-17(12)15-9-19-11-22(15)10-16(23)21-18(2,3)4;/h5-9,11,20H,10H2,1-4H3,(H,21,23);1H. The van der Waals surface area contributed by atoms with Gasteiger partial charge in [-0.25, -0.2) is 4.98 Å². The van der Waals surface area contributed by atoms with Gasteiger partial charge < -0.3 is 14.9 Å². The van der Waals surface area contributed by atoms with Crippen LogP contribution in [0.4, 0.5) is 0 Å². The number of H-pyrrole nitrogens is 1. The number of rotatable bonds is 3. The molecule has 0 bridgehead atoms. The maximum absolute atomic E-state index is 12.2. The van der Waals surface area contributed by atoms with Crippen molar-refractivity contribution in [1.82, 2.24) is 19.9 Å². The molecule has 0 fully saturated rings. The highest BCUT2D eigenvalue weighted by Crippen LogP contribution is 2.29. The monoisotopic (exact) mass is 346 g/mol. The van der Waals surface area contributed by atoms with E-state index in [0.717, 1.165) is 16.9 Å². The molecule has 3 aromatic rings. The summed E-state index contributed by atoms with van der Waals surface area (Å²) < 4.78 is 1.87. The number of imidazole rings is 1. The van der Waals surface area contributed by atoms with Crippen LogP contribution in [0, 0.1) is 6.92 Å². The number of carbonyl (C=O) groups is 1. The smallest absolute Gasteiger partial charge is 0.240 e. The summed E-state index contributed by atoms with van der Waals surface area (Å²) in [6.45, 7) is 8.26. The van der Waals surface area contributed by atoms with E-state index in [-0.39, 0.29) is 30.4 Å². The zero-order valence-electron chi connectivity index (χ0n) is 14.4. The minimum absolute atomic E-state index is 0. The molecule has 128 valence electrons. The topological polar surface area (TPSA) is 62.7 Å². The lowest BCUT2D eigenvalue weighted by molar-refractivity contribution is -0.123. The van der Waals surface area contributed by atoms with Crippen LogP contribution in [0.15, 0.2) is 36.8 Å². The molecule has 1 aromatic carbocycles. The molecular weight excluding hydrogens is 324 g/mol. The summed E-state index contributed by atoms with van der Waals surface area (Å²) in [4.78, 5) is 19.9. The van der Waals surface area contributed by atoms with Crippen molar-refractivity contribution in [3.05, 3.63) is 42.4 Å². The Labute approximate surface area is 147 Å². The first kappa shape index (κ1) is 18.1. The van der Waals surface area contributed by atoms with Crippen LogP contribution in [0.25, 0.3) is 22.3 Å². The normalized spacial score (nSPS) is 11.3. The minimum atomic E-state index is -0.241. The molecule has 6 heteroatoms. The second-order valence-corrected chi connectivity index (χ2v) is 6.88. The summed E-state index contributed by atoms with van der Waals surface area (Å²) >= 11 is 0. The third kappa shape index (κ3) is 3.62. The second-order valence-electron chi connectivity index (χ2n) is 6.88. The SMILES string of the molecule is Cc1c(-c2cncn2CC(=O)NC(C)(C)C)[nH]c2ccccc12.Cl. The zero-order chi connectivity index (χ0) is 16.6. The van der Waals surface area contributed by atoms with Gasteiger partial charge in [0.05, 0.1) is 23.9 Å². The van der Waals surface area contributed by atoms with Crippen LogP contribution in [-0.2, 0) is 11.3 Å². The van der Waals surface area contributed by atoms with Crippen molar-refractivity contribution in [2.45, 2.75) is 39.8 Å². The molecule has 1 amide bonds.